The Morgan fingerprint density at radius 1 is 1.60 bits per heavy atom. The van der Waals surface area contributed by atoms with Gasteiger partial charge in [-0.05, 0) is 12.5 Å². The largest absolute Gasteiger partial charge is 0.476 e. The van der Waals surface area contributed by atoms with E-state index in [2.05, 4.69) is 10.4 Å². The number of hydrogen-bond donors (Lipinski definition) is 2. The molecule has 0 radical (unpaired) electrons. The summed E-state index contributed by atoms with van der Waals surface area (Å²) >= 11 is 0. The Balaban J connectivity index is 2.54. The number of hydrogen-bond acceptors (Lipinski definition) is 3. The van der Waals surface area contributed by atoms with Crippen LogP contribution >= 0.6 is 0 Å². The van der Waals surface area contributed by atoms with Gasteiger partial charge in [0.25, 0.3) is 0 Å². The molecule has 1 amide bonds. The third-order valence-electron chi connectivity index (χ3n) is 1.82. The normalized spacial score (nSPS) is 9.93. The van der Waals surface area contributed by atoms with Gasteiger partial charge in [-0.3, -0.25) is 0 Å². The minimum Gasteiger partial charge on any atom is -0.476 e. The molecular weight excluding hydrogens is 198 g/mol. The van der Waals surface area contributed by atoms with Crippen LogP contribution in [0.3, 0.4) is 0 Å². The van der Waals surface area contributed by atoms with Gasteiger partial charge in [-0.25, -0.2) is 9.59 Å². The predicted octanol–water partition coefficient (Wildman–Crippen LogP) is 0.939. The van der Waals surface area contributed by atoms with E-state index in [4.69, 9.17) is 5.11 Å². The standard InChI is InChI=1S/C9H13N3O3/c1-2-3-5-10-9(15)12-6-4-7(11-12)8(13)14/h4,6H,2-3,5H2,1H3,(H,10,15)(H,13,14). The molecule has 0 atom stereocenters. The fourth-order valence-electron chi connectivity index (χ4n) is 1.00. The molecule has 0 spiro atoms. The highest BCUT2D eigenvalue weighted by Crippen LogP contribution is 1.95. The van der Waals surface area contributed by atoms with Crippen LogP contribution in [0.25, 0.3) is 0 Å². The van der Waals surface area contributed by atoms with E-state index in [1.54, 1.807) is 0 Å². The van der Waals surface area contributed by atoms with Crippen molar-refractivity contribution in [2.24, 2.45) is 0 Å². The number of rotatable bonds is 4. The number of carboxylic acids is 1. The molecule has 0 saturated heterocycles. The van der Waals surface area contributed by atoms with Crippen molar-refractivity contribution in [1.82, 2.24) is 15.1 Å². The van der Waals surface area contributed by atoms with E-state index in [1.807, 2.05) is 6.92 Å². The molecule has 1 heterocycles. The number of amides is 1. The third kappa shape index (κ3) is 3.08. The molecule has 6 heteroatoms. The first kappa shape index (κ1) is 11.2. The maximum Gasteiger partial charge on any atom is 0.356 e. The van der Waals surface area contributed by atoms with Gasteiger partial charge < -0.3 is 10.4 Å². The zero-order valence-corrected chi connectivity index (χ0v) is 8.43. The molecule has 15 heavy (non-hydrogen) atoms. The highest BCUT2D eigenvalue weighted by atomic mass is 16.4. The SMILES string of the molecule is CCCCNC(=O)n1ccc(C(=O)O)n1. The summed E-state index contributed by atoms with van der Waals surface area (Å²) in [5.41, 5.74) is -0.138. The average molecular weight is 211 g/mol. The molecule has 0 aliphatic carbocycles. The number of aromatic nitrogens is 2. The van der Waals surface area contributed by atoms with Crippen molar-refractivity contribution in [3.63, 3.8) is 0 Å². The van der Waals surface area contributed by atoms with Crippen molar-refractivity contribution in [2.75, 3.05) is 6.54 Å². The van der Waals surface area contributed by atoms with Crippen LogP contribution in [0.2, 0.25) is 0 Å². The number of carbonyl (C=O) groups is 2. The lowest BCUT2D eigenvalue weighted by Crippen LogP contribution is -2.29. The van der Waals surface area contributed by atoms with E-state index in [0.29, 0.717) is 6.54 Å². The Kier molecular flexibility index (Phi) is 3.84. The number of unbranched alkanes of at least 4 members (excludes halogenated alkanes) is 1. The smallest absolute Gasteiger partial charge is 0.356 e. The summed E-state index contributed by atoms with van der Waals surface area (Å²) < 4.78 is 0.985. The summed E-state index contributed by atoms with van der Waals surface area (Å²) in [6.45, 7) is 2.58. The number of aromatic carboxylic acids is 1. The summed E-state index contributed by atoms with van der Waals surface area (Å²) in [6.07, 6.45) is 3.20. The molecule has 2 N–H and O–H groups in total. The van der Waals surface area contributed by atoms with Gasteiger partial charge in [-0.2, -0.15) is 9.78 Å². The van der Waals surface area contributed by atoms with E-state index in [0.717, 1.165) is 17.5 Å². The first-order valence-electron chi connectivity index (χ1n) is 4.72. The maximum atomic E-state index is 11.4. The van der Waals surface area contributed by atoms with Gasteiger partial charge in [0.1, 0.15) is 0 Å². The van der Waals surface area contributed by atoms with Crippen LogP contribution < -0.4 is 5.32 Å². The number of nitrogens with one attached hydrogen (secondary N) is 1. The van der Waals surface area contributed by atoms with Crippen molar-refractivity contribution < 1.29 is 14.7 Å². The number of carbonyl (C=O) groups excluding carboxylic acids is 1. The van der Waals surface area contributed by atoms with Gasteiger partial charge in [0.05, 0.1) is 0 Å². The Bertz CT molecular complexity index is 359. The molecule has 0 saturated carbocycles. The quantitative estimate of drug-likeness (QED) is 0.726. The van der Waals surface area contributed by atoms with E-state index >= 15 is 0 Å². The lowest BCUT2D eigenvalue weighted by molar-refractivity contribution is 0.0690. The molecule has 0 aliphatic rings. The van der Waals surface area contributed by atoms with Crippen LogP contribution in [0.4, 0.5) is 4.79 Å². The second kappa shape index (κ2) is 5.14. The van der Waals surface area contributed by atoms with Crippen LogP contribution in [0.1, 0.15) is 30.3 Å². The lowest BCUT2D eigenvalue weighted by atomic mass is 10.3. The number of carboxylic acid groups (broad SMARTS) is 1. The topological polar surface area (TPSA) is 84.2 Å². The molecule has 0 aliphatic heterocycles. The molecule has 1 rings (SSSR count). The fraction of sp³-hybridized carbons (Fsp3) is 0.444. The van der Waals surface area contributed by atoms with Gasteiger partial charge in [0.2, 0.25) is 0 Å². The summed E-state index contributed by atoms with van der Waals surface area (Å²) in [5.74, 6) is -1.14. The summed E-state index contributed by atoms with van der Waals surface area (Å²) in [5, 5.41) is 14.8. The van der Waals surface area contributed by atoms with Crippen molar-refractivity contribution in [3.8, 4) is 0 Å². The Labute approximate surface area is 86.9 Å². The molecule has 1 aromatic rings. The van der Waals surface area contributed by atoms with Crippen molar-refractivity contribution >= 4 is 12.0 Å². The zero-order chi connectivity index (χ0) is 11.3. The first-order chi connectivity index (χ1) is 7.15. The van der Waals surface area contributed by atoms with Crippen molar-refractivity contribution in [3.05, 3.63) is 18.0 Å². The van der Waals surface area contributed by atoms with E-state index in [9.17, 15) is 9.59 Å². The van der Waals surface area contributed by atoms with Gasteiger partial charge >= 0.3 is 12.0 Å². The van der Waals surface area contributed by atoms with Crippen LogP contribution in [0.5, 0.6) is 0 Å². The summed E-state index contributed by atoms with van der Waals surface area (Å²) in [6, 6.07) is 0.873. The predicted molar refractivity (Wildman–Crippen MR) is 52.9 cm³/mol. The molecule has 6 nitrogen and oxygen atoms in total. The van der Waals surface area contributed by atoms with Crippen LogP contribution in [0, 0.1) is 0 Å². The van der Waals surface area contributed by atoms with Gasteiger partial charge in [-0.1, -0.05) is 13.3 Å². The highest BCUT2D eigenvalue weighted by Gasteiger charge is 2.10. The second-order valence-electron chi connectivity index (χ2n) is 3.04. The third-order valence-corrected chi connectivity index (χ3v) is 1.82. The maximum absolute atomic E-state index is 11.4. The second-order valence-corrected chi connectivity index (χ2v) is 3.04. The molecule has 0 unspecified atom stereocenters. The molecule has 0 bridgehead atoms. The Morgan fingerprint density at radius 3 is 2.87 bits per heavy atom. The number of nitrogens with zero attached hydrogens (tertiary/aromatic N) is 2. The first-order valence-corrected chi connectivity index (χ1v) is 4.72. The summed E-state index contributed by atoms with van der Waals surface area (Å²) in [7, 11) is 0. The zero-order valence-electron chi connectivity index (χ0n) is 8.43. The van der Waals surface area contributed by atoms with E-state index in [1.165, 1.54) is 12.3 Å². The van der Waals surface area contributed by atoms with Gasteiger partial charge in [-0.15, -0.1) is 0 Å². The molecule has 82 valence electrons. The monoisotopic (exact) mass is 211 g/mol. The fourth-order valence-corrected chi connectivity index (χ4v) is 1.00. The van der Waals surface area contributed by atoms with Crippen LogP contribution in [-0.4, -0.2) is 33.4 Å². The minimum atomic E-state index is -1.14. The van der Waals surface area contributed by atoms with Crippen molar-refractivity contribution in [1.29, 1.82) is 0 Å². The Morgan fingerprint density at radius 2 is 2.33 bits per heavy atom. The molecular formula is C9H13N3O3. The molecule has 0 fully saturated rings. The van der Waals surface area contributed by atoms with Gasteiger partial charge in [0.15, 0.2) is 5.69 Å². The average Bonchev–Trinajstić information content (AvgIpc) is 2.66. The molecule has 1 aromatic heterocycles. The van der Waals surface area contributed by atoms with E-state index < -0.39 is 12.0 Å². The lowest BCUT2D eigenvalue weighted by Gasteiger charge is -2.02. The highest BCUT2D eigenvalue weighted by molar-refractivity contribution is 5.86. The van der Waals surface area contributed by atoms with Crippen LogP contribution in [0.15, 0.2) is 12.3 Å². The summed E-state index contributed by atoms with van der Waals surface area (Å²) in [4.78, 5) is 21.8. The molecule has 0 aromatic carbocycles. The van der Waals surface area contributed by atoms with Crippen molar-refractivity contribution in [2.45, 2.75) is 19.8 Å². The van der Waals surface area contributed by atoms with E-state index in [-0.39, 0.29) is 5.69 Å². The minimum absolute atomic E-state index is 0.138. The van der Waals surface area contributed by atoms with Gasteiger partial charge in [0, 0.05) is 12.7 Å². The van der Waals surface area contributed by atoms with Crippen LogP contribution in [-0.2, 0) is 0 Å². The Hall–Kier alpha value is -1.85.